The molecule has 0 aromatic heterocycles. The number of hydrogen-bond donors (Lipinski definition) is 0. The van der Waals surface area contributed by atoms with Gasteiger partial charge in [0.15, 0.2) is 0 Å². The average Bonchev–Trinajstić information content (AvgIpc) is 3.35. The predicted molar refractivity (Wildman–Crippen MR) is 122 cm³/mol. The first-order chi connectivity index (χ1) is 14.7. The smallest absolute Gasteiger partial charge is 0.116 e. The van der Waals surface area contributed by atoms with Crippen molar-refractivity contribution in [2.75, 3.05) is 13.1 Å². The number of ether oxygens (including phenoxy) is 1. The first kappa shape index (κ1) is 21.2. The fraction of sp³-hybridized carbons (Fsp3) is 0.429. The van der Waals surface area contributed by atoms with Gasteiger partial charge in [0.1, 0.15) is 24.7 Å². The Morgan fingerprint density at radius 3 is 2.55 bits per heavy atom. The first-order valence-corrected chi connectivity index (χ1v) is 11.7. The second-order valence-electron chi connectivity index (χ2n) is 10.1. The predicted octanol–water partition coefficient (Wildman–Crippen LogP) is 2.95. The van der Waals surface area contributed by atoms with Crippen LogP contribution in [0.5, 0.6) is 0 Å². The minimum Gasteiger partial charge on any atom is -1.00 e. The van der Waals surface area contributed by atoms with E-state index in [1.807, 2.05) is 0 Å². The van der Waals surface area contributed by atoms with Crippen molar-refractivity contribution < 1.29 is 26.2 Å². The van der Waals surface area contributed by atoms with Crippen LogP contribution in [0.3, 0.4) is 0 Å². The van der Waals surface area contributed by atoms with Crippen LogP contribution in [0.15, 0.2) is 72.8 Å². The molecule has 0 radical (unpaired) electrons. The lowest BCUT2D eigenvalue weighted by atomic mass is 9.83. The summed E-state index contributed by atoms with van der Waals surface area (Å²) in [5, 5.41) is 2.80. The van der Waals surface area contributed by atoms with Gasteiger partial charge in [-0.25, -0.2) is 0 Å². The van der Waals surface area contributed by atoms with Crippen molar-refractivity contribution in [2.45, 2.75) is 51.0 Å². The van der Waals surface area contributed by atoms with E-state index in [1.165, 1.54) is 58.7 Å². The van der Waals surface area contributed by atoms with E-state index in [0.29, 0.717) is 17.6 Å². The number of quaternary nitrogens is 1. The molecule has 5 atom stereocenters. The monoisotopic (exact) mass is 477 g/mol. The minimum atomic E-state index is 0. The third-order valence-electron chi connectivity index (χ3n) is 8.97. The highest BCUT2D eigenvalue weighted by atomic mass is 79.9. The summed E-state index contributed by atoms with van der Waals surface area (Å²) >= 11 is 0. The van der Waals surface area contributed by atoms with E-state index >= 15 is 0 Å². The Hall–Kier alpha value is -1.68. The lowest BCUT2D eigenvalue weighted by molar-refractivity contribution is -0.966. The van der Waals surface area contributed by atoms with E-state index in [9.17, 15) is 0 Å². The molecule has 6 rings (SSSR count). The second-order valence-corrected chi connectivity index (χ2v) is 10.1. The summed E-state index contributed by atoms with van der Waals surface area (Å²) in [6, 6.07) is 26.5. The van der Waals surface area contributed by atoms with Crippen molar-refractivity contribution in [1.82, 2.24) is 0 Å². The Labute approximate surface area is 196 Å². The summed E-state index contributed by atoms with van der Waals surface area (Å²) < 4.78 is 7.89. The molecule has 1 saturated carbocycles. The Morgan fingerprint density at radius 2 is 1.68 bits per heavy atom. The molecule has 3 aromatic rings. The second kappa shape index (κ2) is 8.03. The number of benzene rings is 3. The lowest BCUT2D eigenvalue weighted by Crippen LogP contribution is -3.00. The van der Waals surface area contributed by atoms with Gasteiger partial charge in [0, 0.05) is 23.8 Å². The Morgan fingerprint density at radius 1 is 0.903 bits per heavy atom. The Kier molecular flexibility index (Phi) is 5.48. The molecule has 3 aliphatic rings. The highest BCUT2D eigenvalue weighted by molar-refractivity contribution is 5.85. The topological polar surface area (TPSA) is 9.23 Å². The zero-order valence-electron chi connectivity index (χ0n) is 18.3. The number of halogens is 1. The third kappa shape index (κ3) is 3.20. The normalized spacial score (nSPS) is 33.4. The van der Waals surface area contributed by atoms with Gasteiger partial charge >= 0.3 is 0 Å². The molecular weight excluding hydrogens is 446 g/mol. The van der Waals surface area contributed by atoms with Gasteiger partial charge in [0.05, 0.1) is 13.2 Å². The van der Waals surface area contributed by atoms with Crippen LogP contribution in [-0.4, -0.2) is 29.2 Å². The zero-order valence-corrected chi connectivity index (χ0v) is 19.9. The van der Waals surface area contributed by atoms with Crippen LogP contribution in [0.1, 0.15) is 37.3 Å². The quantitative estimate of drug-likeness (QED) is 0.513. The number of fused-ring (bicyclic) bond motifs is 1. The minimum absolute atomic E-state index is 0. The SMILES string of the molecule is C[C@@]12[C@H]3CC[C@@H]1[C@H](OCc1ccccc1)C[N@+]2(Cc1cccc2ccccc12)CC3.[Br-]. The highest BCUT2D eigenvalue weighted by Crippen LogP contribution is 2.61. The molecule has 2 heterocycles. The fourth-order valence-electron chi connectivity index (χ4n) is 7.43. The molecule has 0 bridgehead atoms. The number of nitrogens with zero attached hydrogens (tertiary/aromatic N) is 1. The van der Waals surface area contributed by atoms with Crippen LogP contribution in [0.2, 0.25) is 0 Å². The first-order valence-electron chi connectivity index (χ1n) is 11.7. The van der Waals surface area contributed by atoms with Crippen LogP contribution in [0, 0.1) is 11.8 Å². The third-order valence-corrected chi connectivity index (χ3v) is 8.97. The Bertz CT molecular complexity index is 1060. The molecule has 2 nitrogen and oxygen atoms in total. The van der Waals surface area contributed by atoms with Gasteiger partial charge in [-0.15, -0.1) is 0 Å². The van der Waals surface area contributed by atoms with Gasteiger partial charge in [0.25, 0.3) is 0 Å². The molecule has 3 aromatic carbocycles. The van der Waals surface area contributed by atoms with E-state index in [0.717, 1.165) is 19.1 Å². The summed E-state index contributed by atoms with van der Waals surface area (Å²) in [7, 11) is 0. The molecule has 2 saturated heterocycles. The molecule has 31 heavy (non-hydrogen) atoms. The van der Waals surface area contributed by atoms with Crippen molar-refractivity contribution in [3.63, 3.8) is 0 Å². The van der Waals surface area contributed by atoms with Gasteiger partial charge in [-0.05, 0) is 36.1 Å². The molecule has 0 amide bonds. The van der Waals surface area contributed by atoms with Crippen molar-refractivity contribution in [1.29, 1.82) is 0 Å². The maximum Gasteiger partial charge on any atom is 0.116 e. The molecule has 0 spiro atoms. The van der Waals surface area contributed by atoms with Crippen LogP contribution < -0.4 is 17.0 Å². The van der Waals surface area contributed by atoms with Crippen molar-refractivity contribution >= 4 is 10.8 Å². The molecule has 3 fully saturated rings. The van der Waals surface area contributed by atoms with Crippen LogP contribution >= 0.6 is 0 Å². The van der Waals surface area contributed by atoms with E-state index < -0.39 is 0 Å². The van der Waals surface area contributed by atoms with E-state index in [-0.39, 0.29) is 17.0 Å². The van der Waals surface area contributed by atoms with Crippen molar-refractivity contribution in [2.24, 2.45) is 11.8 Å². The molecule has 3 heteroatoms. The zero-order chi connectivity index (χ0) is 20.2. The molecular formula is C28H32BrNO. The molecule has 2 aliphatic heterocycles. The van der Waals surface area contributed by atoms with Gasteiger partial charge in [-0.3, -0.25) is 0 Å². The van der Waals surface area contributed by atoms with Crippen LogP contribution in [-0.2, 0) is 17.9 Å². The van der Waals surface area contributed by atoms with Crippen LogP contribution in [0.25, 0.3) is 10.8 Å². The maximum atomic E-state index is 6.66. The molecule has 0 unspecified atom stereocenters. The van der Waals surface area contributed by atoms with E-state index in [4.69, 9.17) is 4.74 Å². The lowest BCUT2D eigenvalue weighted by Gasteiger charge is -2.44. The highest BCUT2D eigenvalue weighted by Gasteiger charge is 2.71. The number of rotatable bonds is 5. The summed E-state index contributed by atoms with van der Waals surface area (Å²) in [6.07, 6.45) is 4.51. The molecule has 1 aliphatic carbocycles. The van der Waals surface area contributed by atoms with E-state index in [2.05, 4.69) is 79.7 Å². The summed E-state index contributed by atoms with van der Waals surface area (Å²) in [4.78, 5) is 0. The molecule has 0 N–H and O–H groups in total. The molecule has 162 valence electrons. The van der Waals surface area contributed by atoms with Gasteiger partial charge in [-0.1, -0.05) is 72.8 Å². The fourth-order valence-corrected chi connectivity index (χ4v) is 7.43. The summed E-state index contributed by atoms with van der Waals surface area (Å²) in [5.74, 6) is 1.56. The van der Waals surface area contributed by atoms with Gasteiger partial charge in [-0.2, -0.15) is 0 Å². The van der Waals surface area contributed by atoms with Crippen molar-refractivity contribution in [3.05, 3.63) is 83.9 Å². The average molecular weight is 478 g/mol. The number of hydrogen-bond acceptors (Lipinski definition) is 1. The standard InChI is InChI=1S/C28H32NO.BrH/c1-28-24-14-15-26(28)27(30-20-21-8-3-2-4-9-21)19-29(28,17-16-24)18-23-12-7-11-22-10-5-6-13-25(22)23;/h2-13,24,26-27H,14-20H2,1H3;1H/q+1;/p-1/t24-,26+,27+,28+,29+;/m0./s1. The van der Waals surface area contributed by atoms with E-state index in [1.54, 1.807) is 0 Å². The largest absolute Gasteiger partial charge is 1.00 e. The van der Waals surface area contributed by atoms with Gasteiger partial charge < -0.3 is 26.2 Å². The summed E-state index contributed by atoms with van der Waals surface area (Å²) in [6.45, 7) is 6.99. The summed E-state index contributed by atoms with van der Waals surface area (Å²) in [5.41, 5.74) is 3.19. The van der Waals surface area contributed by atoms with Crippen molar-refractivity contribution in [3.8, 4) is 0 Å². The Balaban J connectivity index is 0.00000204. The van der Waals surface area contributed by atoms with Crippen LogP contribution in [0.4, 0.5) is 0 Å². The maximum absolute atomic E-state index is 6.66. The van der Waals surface area contributed by atoms with Gasteiger partial charge in [0.2, 0.25) is 0 Å².